The van der Waals surface area contributed by atoms with Gasteiger partial charge in [-0.1, -0.05) is 20.8 Å². The molecule has 1 rings (SSSR count). The Morgan fingerprint density at radius 2 is 1.80 bits per heavy atom. The summed E-state index contributed by atoms with van der Waals surface area (Å²) in [6, 6.07) is 0. The Hall–Kier alpha value is -0.650. The van der Waals surface area contributed by atoms with Gasteiger partial charge in [0.2, 0.25) is 0 Å². The minimum absolute atomic E-state index is 0.177. The van der Waals surface area contributed by atoms with E-state index in [1.807, 2.05) is 13.8 Å². The van der Waals surface area contributed by atoms with E-state index < -0.39 is 5.54 Å². The Labute approximate surface area is 123 Å². The van der Waals surface area contributed by atoms with Crippen molar-refractivity contribution in [2.75, 3.05) is 52.9 Å². The predicted molar refractivity (Wildman–Crippen MR) is 81.8 cm³/mol. The molecule has 1 atom stereocenters. The second-order valence-electron chi connectivity index (χ2n) is 6.32. The first kappa shape index (κ1) is 17.4. The van der Waals surface area contributed by atoms with E-state index in [4.69, 9.17) is 4.74 Å². The van der Waals surface area contributed by atoms with Gasteiger partial charge in [-0.25, -0.2) is 0 Å². The molecule has 1 heterocycles. The summed E-state index contributed by atoms with van der Waals surface area (Å²) < 4.78 is 4.94. The average Bonchev–Trinajstić information content (AvgIpc) is 2.39. The van der Waals surface area contributed by atoms with Crippen molar-refractivity contribution in [1.82, 2.24) is 15.1 Å². The number of ether oxygens (including phenoxy) is 1. The van der Waals surface area contributed by atoms with Gasteiger partial charge in [0.1, 0.15) is 5.54 Å². The van der Waals surface area contributed by atoms with Crippen molar-refractivity contribution in [3.8, 4) is 0 Å². The van der Waals surface area contributed by atoms with Crippen LogP contribution < -0.4 is 5.32 Å². The van der Waals surface area contributed by atoms with E-state index >= 15 is 0 Å². The molecule has 0 aliphatic carbocycles. The first-order valence-electron chi connectivity index (χ1n) is 7.69. The van der Waals surface area contributed by atoms with E-state index in [-0.39, 0.29) is 5.97 Å². The molecule has 1 unspecified atom stereocenters. The van der Waals surface area contributed by atoms with E-state index in [9.17, 15) is 4.79 Å². The number of carbonyl (C=O) groups is 1. The van der Waals surface area contributed by atoms with Gasteiger partial charge in [-0.2, -0.15) is 0 Å². The molecular weight excluding hydrogens is 254 g/mol. The van der Waals surface area contributed by atoms with Crippen LogP contribution in [-0.4, -0.2) is 74.2 Å². The lowest BCUT2D eigenvalue weighted by Crippen LogP contribution is -2.60. The quantitative estimate of drug-likeness (QED) is 0.701. The van der Waals surface area contributed by atoms with Crippen LogP contribution in [0.3, 0.4) is 0 Å². The lowest BCUT2D eigenvalue weighted by molar-refractivity contribution is -0.149. The summed E-state index contributed by atoms with van der Waals surface area (Å²) in [5.74, 6) is 0.535. The molecule has 1 N–H and O–H groups in total. The zero-order valence-electron chi connectivity index (χ0n) is 13.7. The van der Waals surface area contributed by atoms with Crippen molar-refractivity contribution >= 4 is 5.97 Å². The Morgan fingerprint density at radius 3 is 2.25 bits per heavy atom. The van der Waals surface area contributed by atoms with Gasteiger partial charge >= 0.3 is 5.97 Å². The molecule has 0 aromatic carbocycles. The fourth-order valence-corrected chi connectivity index (χ4v) is 2.90. The fraction of sp³-hybridized carbons (Fsp3) is 0.933. The molecule has 0 radical (unpaired) electrons. The predicted octanol–water partition coefficient (Wildman–Crippen LogP) is 0.801. The third-order valence-corrected chi connectivity index (χ3v) is 3.83. The number of nitrogens with one attached hydrogen (secondary N) is 1. The molecule has 0 aromatic heterocycles. The lowest BCUT2D eigenvalue weighted by Gasteiger charge is -2.39. The summed E-state index contributed by atoms with van der Waals surface area (Å²) >= 11 is 0. The summed E-state index contributed by atoms with van der Waals surface area (Å²) in [4.78, 5) is 16.8. The van der Waals surface area contributed by atoms with Crippen molar-refractivity contribution in [1.29, 1.82) is 0 Å². The standard InChI is InChI=1S/C15H31N3O2/c1-6-16-15(4,14(19)20-5)12-18-9-7-17(8-10-18)11-13(2)3/h13,16H,6-12H2,1-5H3. The molecule has 0 amide bonds. The second kappa shape index (κ2) is 7.96. The highest BCUT2D eigenvalue weighted by Crippen LogP contribution is 2.12. The summed E-state index contributed by atoms with van der Waals surface area (Å²) in [7, 11) is 1.46. The van der Waals surface area contributed by atoms with Gasteiger partial charge in [0.25, 0.3) is 0 Å². The maximum absolute atomic E-state index is 12.0. The van der Waals surface area contributed by atoms with E-state index in [0.29, 0.717) is 12.5 Å². The molecule has 1 aliphatic heterocycles. The molecule has 5 heteroatoms. The number of rotatable bonds is 7. The number of esters is 1. The number of hydrogen-bond acceptors (Lipinski definition) is 5. The second-order valence-corrected chi connectivity index (χ2v) is 6.32. The first-order valence-corrected chi connectivity index (χ1v) is 7.69. The molecule has 0 aromatic rings. The fourth-order valence-electron chi connectivity index (χ4n) is 2.90. The minimum Gasteiger partial charge on any atom is -0.468 e. The summed E-state index contributed by atoms with van der Waals surface area (Å²) in [5.41, 5.74) is -0.607. The van der Waals surface area contributed by atoms with Crippen LogP contribution in [0.15, 0.2) is 0 Å². The maximum Gasteiger partial charge on any atom is 0.327 e. The van der Waals surface area contributed by atoms with Crippen LogP contribution >= 0.6 is 0 Å². The van der Waals surface area contributed by atoms with Gasteiger partial charge in [-0.15, -0.1) is 0 Å². The summed E-state index contributed by atoms with van der Waals surface area (Å²) in [5, 5.41) is 3.27. The maximum atomic E-state index is 12.0. The third-order valence-electron chi connectivity index (χ3n) is 3.83. The molecular formula is C15H31N3O2. The van der Waals surface area contributed by atoms with Crippen molar-refractivity contribution in [3.05, 3.63) is 0 Å². The zero-order valence-corrected chi connectivity index (χ0v) is 13.7. The highest BCUT2D eigenvalue weighted by Gasteiger charge is 2.36. The monoisotopic (exact) mass is 285 g/mol. The number of piperazine rings is 1. The van der Waals surface area contributed by atoms with Gasteiger partial charge < -0.3 is 15.0 Å². The Kier molecular flexibility index (Phi) is 6.92. The highest BCUT2D eigenvalue weighted by molar-refractivity contribution is 5.80. The molecule has 1 saturated heterocycles. The Bertz CT molecular complexity index is 301. The Morgan fingerprint density at radius 1 is 1.25 bits per heavy atom. The van der Waals surface area contributed by atoms with E-state index in [2.05, 4.69) is 29.0 Å². The molecule has 5 nitrogen and oxygen atoms in total. The molecule has 0 spiro atoms. The van der Waals surface area contributed by atoms with Crippen LogP contribution in [0.2, 0.25) is 0 Å². The van der Waals surface area contributed by atoms with Gasteiger partial charge in [-0.05, 0) is 19.4 Å². The molecule has 1 fully saturated rings. The SMILES string of the molecule is CCNC(C)(CN1CCN(CC(C)C)CC1)C(=O)OC. The topological polar surface area (TPSA) is 44.8 Å². The summed E-state index contributed by atoms with van der Waals surface area (Å²) in [6.07, 6.45) is 0. The van der Waals surface area contributed by atoms with E-state index in [1.165, 1.54) is 7.11 Å². The average molecular weight is 285 g/mol. The normalized spacial score (nSPS) is 20.9. The number of methoxy groups -OCH3 is 1. The van der Waals surface area contributed by atoms with E-state index in [1.54, 1.807) is 0 Å². The van der Waals surface area contributed by atoms with Crippen molar-refractivity contribution in [2.24, 2.45) is 5.92 Å². The highest BCUT2D eigenvalue weighted by atomic mass is 16.5. The smallest absolute Gasteiger partial charge is 0.327 e. The molecule has 1 aliphatic rings. The van der Waals surface area contributed by atoms with Crippen LogP contribution in [0.1, 0.15) is 27.7 Å². The zero-order chi connectivity index (χ0) is 15.2. The lowest BCUT2D eigenvalue weighted by atomic mass is 10.0. The first-order chi connectivity index (χ1) is 9.41. The van der Waals surface area contributed by atoms with Crippen LogP contribution in [0.25, 0.3) is 0 Å². The number of likely N-dealkylation sites (N-methyl/N-ethyl adjacent to an activating group) is 1. The van der Waals surface area contributed by atoms with Crippen LogP contribution in [0.4, 0.5) is 0 Å². The number of hydrogen-bond donors (Lipinski definition) is 1. The van der Waals surface area contributed by atoms with Crippen LogP contribution in [0, 0.1) is 5.92 Å². The van der Waals surface area contributed by atoms with Crippen molar-refractivity contribution < 1.29 is 9.53 Å². The van der Waals surface area contributed by atoms with Crippen LogP contribution in [-0.2, 0) is 9.53 Å². The molecule has 0 saturated carbocycles. The number of carbonyl (C=O) groups excluding carboxylic acids is 1. The minimum atomic E-state index is -0.607. The van der Waals surface area contributed by atoms with E-state index in [0.717, 1.165) is 39.3 Å². The Balaban J connectivity index is 2.49. The number of nitrogens with zero attached hydrogens (tertiary/aromatic N) is 2. The largest absolute Gasteiger partial charge is 0.468 e. The molecule has 118 valence electrons. The van der Waals surface area contributed by atoms with Gasteiger partial charge in [0.05, 0.1) is 7.11 Å². The van der Waals surface area contributed by atoms with Crippen molar-refractivity contribution in [3.63, 3.8) is 0 Å². The van der Waals surface area contributed by atoms with Gasteiger partial charge in [0.15, 0.2) is 0 Å². The molecule has 20 heavy (non-hydrogen) atoms. The third kappa shape index (κ3) is 5.04. The van der Waals surface area contributed by atoms with Crippen LogP contribution in [0.5, 0.6) is 0 Å². The summed E-state index contributed by atoms with van der Waals surface area (Å²) in [6.45, 7) is 15.3. The van der Waals surface area contributed by atoms with Crippen molar-refractivity contribution in [2.45, 2.75) is 33.2 Å². The molecule has 0 bridgehead atoms. The van der Waals surface area contributed by atoms with Gasteiger partial charge in [-0.3, -0.25) is 9.69 Å². The van der Waals surface area contributed by atoms with Gasteiger partial charge in [0, 0.05) is 39.3 Å².